The van der Waals surface area contributed by atoms with Crippen molar-refractivity contribution < 1.29 is 4.74 Å². The zero-order valence-electron chi connectivity index (χ0n) is 12.2. The van der Waals surface area contributed by atoms with Gasteiger partial charge in [-0.2, -0.15) is 0 Å². The van der Waals surface area contributed by atoms with Gasteiger partial charge in [-0.1, -0.05) is 58.0 Å². The summed E-state index contributed by atoms with van der Waals surface area (Å²) in [7, 11) is 0. The molecule has 3 rings (SSSR count). The van der Waals surface area contributed by atoms with Crippen molar-refractivity contribution >= 4 is 11.8 Å². The van der Waals surface area contributed by atoms with Crippen molar-refractivity contribution in [1.29, 1.82) is 0 Å². The third-order valence-corrected chi connectivity index (χ3v) is 7.05. The lowest BCUT2D eigenvalue weighted by Crippen LogP contribution is -2.51. The Balaban J connectivity index is 2.21. The van der Waals surface area contributed by atoms with Crippen LogP contribution in [0.5, 0.6) is 0 Å². The first kappa shape index (κ1) is 13.3. The van der Waals surface area contributed by atoms with E-state index >= 15 is 0 Å². The predicted molar refractivity (Wildman–Crippen MR) is 82.8 cm³/mol. The van der Waals surface area contributed by atoms with E-state index in [1.54, 1.807) is 0 Å². The van der Waals surface area contributed by atoms with Gasteiger partial charge >= 0.3 is 0 Å². The molecule has 0 N–H and O–H groups in total. The molecule has 0 unspecified atom stereocenters. The van der Waals surface area contributed by atoms with Gasteiger partial charge in [0.15, 0.2) is 0 Å². The van der Waals surface area contributed by atoms with Crippen molar-refractivity contribution in [2.24, 2.45) is 0 Å². The topological polar surface area (TPSA) is 9.23 Å². The average Bonchev–Trinajstić information content (AvgIpc) is 2.89. The van der Waals surface area contributed by atoms with Gasteiger partial charge in [-0.3, -0.25) is 0 Å². The molecule has 1 heterocycles. The summed E-state index contributed by atoms with van der Waals surface area (Å²) in [5.74, 6) is 0. The molecule has 1 fully saturated rings. The first-order valence-electron chi connectivity index (χ1n) is 6.91. The molecule has 102 valence electrons. The van der Waals surface area contributed by atoms with E-state index in [1.165, 1.54) is 11.1 Å². The van der Waals surface area contributed by atoms with Gasteiger partial charge in [0.05, 0.1) is 6.61 Å². The Bertz CT molecular complexity index is 495. The van der Waals surface area contributed by atoms with E-state index in [2.05, 4.69) is 58.5 Å². The van der Waals surface area contributed by atoms with Gasteiger partial charge in [-0.15, -0.1) is 18.3 Å². The third-order valence-electron chi connectivity index (χ3n) is 4.95. The average molecular weight is 274 g/mol. The summed E-state index contributed by atoms with van der Waals surface area (Å²) in [5.41, 5.74) is 2.87. The van der Waals surface area contributed by atoms with Crippen LogP contribution in [0.2, 0.25) is 0 Å². The number of ether oxygens (including phenoxy) is 1. The van der Waals surface area contributed by atoms with Crippen LogP contribution in [0.3, 0.4) is 0 Å². The van der Waals surface area contributed by atoms with E-state index in [1.807, 2.05) is 17.8 Å². The Morgan fingerprint density at radius 3 is 2.11 bits per heavy atom. The van der Waals surface area contributed by atoms with E-state index in [0.29, 0.717) is 5.25 Å². The molecule has 0 radical (unpaired) electrons. The molecule has 1 spiro atoms. The van der Waals surface area contributed by atoms with Crippen LogP contribution in [0.15, 0.2) is 36.9 Å². The maximum absolute atomic E-state index is 6.41. The van der Waals surface area contributed by atoms with Crippen LogP contribution in [-0.4, -0.2) is 16.8 Å². The number of thioether (sulfide) groups is 1. The van der Waals surface area contributed by atoms with Crippen molar-refractivity contribution in [2.75, 3.05) is 6.61 Å². The summed E-state index contributed by atoms with van der Waals surface area (Å²) in [5, 5.41) is 0.396. The summed E-state index contributed by atoms with van der Waals surface area (Å²) in [6.07, 6.45) is 2.02. The predicted octanol–water partition coefficient (Wildman–Crippen LogP) is 4.27. The zero-order valence-corrected chi connectivity index (χ0v) is 13.0. The number of hydrogen-bond acceptors (Lipinski definition) is 2. The van der Waals surface area contributed by atoms with E-state index in [-0.39, 0.29) is 15.8 Å². The van der Waals surface area contributed by atoms with Gasteiger partial charge in [0.25, 0.3) is 0 Å². The van der Waals surface area contributed by atoms with Gasteiger partial charge < -0.3 is 4.74 Å². The molecule has 1 saturated heterocycles. The van der Waals surface area contributed by atoms with Crippen LogP contribution in [0.25, 0.3) is 0 Å². The highest BCUT2D eigenvalue weighted by Crippen LogP contribution is 2.66. The number of benzene rings is 1. The number of rotatable bonds is 1. The summed E-state index contributed by atoms with van der Waals surface area (Å²) in [6.45, 7) is 14.0. The van der Waals surface area contributed by atoms with Crippen molar-refractivity contribution in [3.05, 3.63) is 48.0 Å². The quantitative estimate of drug-likeness (QED) is 0.707. The second kappa shape index (κ2) is 3.89. The molecule has 1 aromatic carbocycles. The molecule has 0 bridgehead atoms. The summed E-state index contributed by atoms with van der Waals surface area (Å²) in [4.78, 5) is -0.192. The van der Waals surface area contributed by atoms with Gasteiger partial charge in [-0.05, 0) is 11.1 Å². The second-order valence-corrected chi connectivity index (χ2v) is 8.03. The highest BCUT2D eigenvalue weighted by molar-refractivity contribution is 8.01. The fourth-order valence-electron chi connectivity index (χ4n) is 3.96. The summed E-state index contributed by atoms with van der Waals surface area (Å²) in [6, 6.07) is 8.80. The Kier molecular flexibility index (Phi) is 2.72. The minimum atomic E-state index is -0.192. The van der Waals surface area contributed by atoms with Gasteiger partial charge in [0, 0.05) is 16.1 Å². The first-order valence-corrected chi connectivity index (χ1v) is 7.79. The highest BCUT2D eigenvalue weighted by atomic mass is 32.2. The fourth-order valence-corrected chi connectivity index (χ4v) is 5.57. The molecule has 0 amide bonds. The van der Waals surface area contributed by atoms with E-state index in [9.17, 15) is 0 Å². The first-order chi connectivity index (χ1) is 8.87. The van der Waals surface area contributed by atoms with Crippen molar-refractivity contribution in [3.63, 3.8) is 0 Å². The molecule has 1 aromatic rings. The molecular weight excluding hydrogens is 252 g/mol. The van der Waals surface area contributed by atoms with Crippen molar-refractivity contribution in [2.45, 2.75) is 48.7 Å². The highest BCUT2D eigenvalue weighted by Gasteiger charge is 2.66. The maximum atomic E-state index is 6.41. The summed E-state index contributed by atoms with van der Waals surface area (Å²) < 4.78 is 6.41. The van der Waals surface area contributed by atoms with E-state index in [0.717, 1.165) is 6.61 Å². The van der Waals surface area contributed by atoms with Crippen LogP contribution < -0.4 is 0 Å². The fraction of sp³-hybridized carbons (Fsp3) is 0.529. The number of fused-ring (bicyclic) bond motifs is 1. The standard InChI is InChI=1S/C17H22OS/c1-6-12-11-18-17(19-12)15(2,3)13-9-7-8-10-14(13)16(17,4)5/h6-10,12H,1,11H2,2-5H3/t12-/m0/s1. The molecule has 2 aliphatic rings. The molecule has 19 heavy (non-hydrogen) atoms. The Morgan fingerprint density at radius 1 is 1.16 bits per heavy atom. The molecule has 2 heteroatoms. The normalized spacial score (nSPS) is 29.4. The van der Waals surface area contributed by atoms with Gasteiger partial charge in [0.1, 0.15) is 4.93 Å². The lowest BCUT2D eigenvalue weighted by molar-refractivity contribution is -0.0354. The molecule has 1 aliphatic heterocycles. The van der Waals surface area contributed by atoms with Crippen LogP contribution in [-0.2, 0) is 15.6 Å². The third kappa shape index (κ3) is 1.42. The van der Waals surface area contributed by atoms with Crippen molar-refractivity contribution in [1.82, 2.24) is 0 Å². The van der Waals surface area contributed by atoms with Crippen molar-refractivity contribution in [3.8, 4) is 0 Å². The van der Waals surface area contributed by atoms with Gasteiger partial charge in [-0.25, -0.2) is 0 Å². The molecule has 0 saturated carbocycles. The Hall–Kier alpha value is -0.730. The lowest BCUT2D eigenvalue weighted by atomic mass is 9.77. The zero-order chi connectivity index (χ0) is 13.9. The molecule has 1 aliphatic carbocycles. The minimum absolute atomic E-state index is 0.00944. The monoisotopic (exact) mass is 274 g/mol. The molecule has 1 nitrogen and oxygen atoms in total. The van der Waals surface area contributed by atoms with Crippen LogP contribution >= 0.6 is 11.8 Å². The Morgan fingerprint density at radius 2 is 1.68 bits per heavy atom. The molecule has 1 atom stereocenters. The Labute approximate surface area is 120 Å². The molecular formula is C17H22OS. The smallest absolute Gasteiger partial charge is 0.132 e. The van der Waals surface area contributed by atoms with Gasteiger partial charge in [0.2, 0.25) is 0 Å². The maximum Gasteiger partial charge on any atom is 0.132 e. The lowest BCUT2D eigenvalue weighted by Gasteiger charge is -2.45. The number of hydrogen-bond donors (Lipinski definition) is 0. The second-order valence-electron chi connectivity index (χ2n) is 6.62. The van der Waals surface area contributed by atoms with Crippen LogP contribution in [0.1, 0.15) is 38.8 Å². The minimum Gasteiger partial charge on any atom is -0.361 e. The van der Waals surface area contributed by atoms with Crippen LogP contribution in [0.4, 0.5) is 0 Å². The SMILES string of the molecule is C=C[C@H]1COC2(S1)C(C)(C)c1ccccc1C2(C)C. The van der Waals surface area contributed by atoms with Crippen LogP contribution in [0, 0.1) is 0 Å². The summed E-state index contributed by atoms with van der Waals surface area (Å²) >= 11 is 1.95. The van der Waals surface area contributed by atoms with E-state index in [4.69, 9.17) is 4.74 Å². The molecule has 0 aromatic heterocycles. The largest absolute Gasteiger partial charge is 0.361 e. The van der Waals surface area contributed by atoms with E-state index < -0.39 is 0 Å².